The first-order chi connectivity index (χ1) is 13.6. The van der Waals surface area contributed by atoms with Gasteiger partial charge in [-0.25, -0.2) is 0 Å². The molecule has 6 heteroatoms. The molecule has 4 rings (SSSR count). The van der Waals surface area contributed by atoms with Gasteiger partial charge in [-0.1, -0.05) is 29.8 Å². The third kappa shape index (κ3) is 5.08. The molecule has 1 saturated carbocycles. The van der Waals surface area contributed by atoms with Crippen molar-refractivity contribution in [1.29, 1.82) is 0 Å². The van der Waals surface area contributed by atoms with Crippen LogP contribution in [-0.4, -0.2) is 35.7 Å². The van der Waals surface area contributed by atoms with E-state index in [9.17, 15) is 9.59 Å². The maximum Gasteiger partial charge on any atom is 0.223 e. The second-order valence-electron chi connectivity index (χ2n) is 8.27. The average molecular weight is 433 g/mol. The van der Waals surface area contributed by atoms with E-state index in [2.05, 4.69) is 27.0 Å². The van der Waals surface area contributed by atoms with Crippen molar-refractivity contribution in [1.82, 2.24) is 10.2 Å². The van der Waals surface area contributed by atoms with Crippen LogP contribution in [0.5, 0.6) is 0 Å². The van der Waals surface area contributed by atoms with Crippen LogP contribution in [0.2, 0.25) is 0 Å². The SMILES string of the molecule is Cc1ccc(C(=O)CCC(=O)N(Cc2ccsc2)C2CC23CCNCC3)cc1.Cl. The molecule has 1 spiro atoms. The van der Waals surface area contributed by atoms with E-state index in [1.807, 2.05) is 31.2 Å². The number of aryl methyl sites for hydroxylation is 1. The van der Waals surface area contributed by atoms with Crippen molar-refractivity contribution in [2.75, 3.05) is 13.1 Å². The summed E-state index contributed by atoms with van der Waals surface area (Å²) in [5.41, 5.74) is 3.33. The van der Waals surface area contributed by atoms with Gasteiger partial charge in [-0.2, -0.15) is 11.3 Å². The molecular formula is C23H29ClN2O2S. The number of nitrogens with zero attached hydrogens (tertiary/aromatic N) is 1. The third-order valence-corrected chi connectivity index (χ3v) is 7.05. The van der Waals surface area contributed by atoms with Gasteiger partial charge in [0.15, 0.2) is 5.78 Å². The summed E-state index contributed by atoms with van der Waals surface area (Å²) in [4.78, 5) is 27.7. The zero-order chi connectivity index (χ0) is 19.6. The van der Waals surface area contributed by atoms with Crippen LogP contribution in [0, 0.1) is 12.3 Å². The predicted octanol–water partition coefficient (Wildman–Crippen LogP) is 4.61. The number of piperidine rings is 1. The molecule has 1 N–H and O–H groups in total. The number of Topliss-reactive ketones (excluding diaryl/α,β-unsaturated/α-hetero) is 1. The van der Waals surface area contributed by atoms with E-state index in [4.69, 9.17) is 0 Å². The normalized spacial score (nSPS) is 19.4. The number of hydrogen-bond acceptors (Lipinski definition) is 4. The molecule has 156 valence electrons. The first-order valence-electron chi connectivity index (χ1n) is 10.2. The number of amides is 1. The van der Waals surface area contributed by atoms with E-state index in [-0.39, 0.29) is 30.5 Å². The summed E-state index contributed by atoms with van der Waals surface area (Å²) in [6.07, 6.45) is 3.97. The van der Waals surface area contributed by atoms with Gasteiger partial charge in [0.25, 0.3) is 0 Å². The fraction of sp³-hybridized carbons (Fsp3) is 0.478. The lowest BCUT2D eigenvalue weighted by atomic mass is 9.93. The Morgan fingerprint density at radius 3 is 2.52 bits per heavy atom. The Labute approximate surface area is 183 Å². The Bertz CT molecular complexity index is 829. The van der Waals surface area contributed by atoms with Crippen LogP contribution in [-0.2, 0) is 11.3 Å². The lowest BCUT2D eigenvalue weighted by molar-refractivity contribution is -0.133. The highest BCUT2D eigenvalue weighted by Gasteiger charge is 2.57. The van der Waals surface area contributed by atoms with Crippen molar-refractivity contribution >= 4 is 35.4 Å². The number of nitrogens with one attached hydrogen (secondary N) is 1. The molecule has 0 radical (unpaired) electrons. The van der Waals surface area contributed by atoms with Crippen molar-refractivity contribution in [2.45, 2.75) is 51.6 Å². The van der Waals surface area contributed by atoms with Crippen molar-refractivity contribution in [3.05, 3.63) is 57.8 Å². The Morgan fingerprint density at radius 1 is 1.14 bits per heavy atom. The number of carbonyl (C=O) groups excluding carboxylic acids is 2. The van der Waals surface area contributed by atoms with E-state index in [1.54, 1.807) is 11.3 Å². The van der Waals surface area contributed by atoms with Gasteiger partial charge < -0.3 is 10.2 Å². The van der Waals surface area contributed by atoms with E-state index < -0.39 is 0 Å². The van der Waals surface area contributed by atoms with Crippen molar-refractivity contribution < 1.29 is 9.59 Å². The molecule has 2 aliphatic rings. The monoisotopic (exact) mass is 432 g/mol. The van der Waals surface area contributed by atoms with Gasteiger partial charge in [0.2, 0.25) is 5.91 Å². The Hall–Kier alpha value is -1.69. The van der Waals surface area contributed by atoms with Gasteiger partial charge in [-0.05, 0) is 67.1 Å². The molecule has 1 amide bonds. The molecule has 2 fully saturated rings. The molecule has 2 aromatic rings. The fourth-order valence-electron chi connectivity index (χ4n) is 4.43. The number of rotatable bonds is 7. The van der Waals surface area contributed by atoms with Crippen LogP contribution >= 0.6 is 23.7 Å². The molecular weight excluding hydrogens is 404 g/mol. The van der Waals surface area contributed by atoms with Crippen LogP contribution in [0.25, 0.3) is 0 Å². The van der Waals surface area contributed by atoms with E-state index in [1.165, 1.54) is 5.56 Å². The second kappa shape index (κ2) is 9.41. The van der Waals surface area contributed by atoms with E-state index in [0.717, 1.165) is 37.9 Å². The number of thiophene rings is 1. The summed E-state index contributed by atoms with van der Waals surface area (Å²) in [5.74, 6) is 0.170. The smallest absolute Gasteiger partial charge is 0.223 e. The summed E-state index contributed by atoms with van der Waals surface area (Å²) in [7, 11) is 0. The van der Waals surface area contributed by atoms with E-state index >= 15 is 0 Å². The molecule has 1 aromatic carbocycles. The van der Waals surface area contributed by atoms with Crippen molar-refractivity contribution in [3.8, 4) is 0 Å². The minimum Gasteiger partial charge on any atom is -0.335 e. The second-order valence-corrected chi connectivity index (χ2v) is 9.05. The zero-order valence-electron chi connectivity index (χ0n) is 16.9. The van der Waals surface area contributed by atoms with Gasteiger partial charge in [0.1, 0.15) is 0 Å². The Morgan fingerprint density at radius 2 is 1.86 bits per heavy atom. The predicted molar refractivity (Wildman–Crippen MR) is 120 cm³/mol. The maximum atomic E-state index is 13.1. The number of halogens is 1. The molecule has 1 atom stereocenters. The first kappa shape index (κ1) is 22.0. The number of benzene rings is 1. The van der Waals surface area contributed by atoms with Crippen molar-refractivity contribution in [2.24, 2.45) is 5.41 Å². The van der Waals surface area contributed by atoms with Gasteiger partial charge in [-0.3, -0.25) is 9.59 Å². The summed E-state index contributed by atoms with van der Waals surface area (Å²) < 4.78 is 0. The highest BCUT2D eigenvalue weighted by Crippen LogP contribution is 2.56. The van der Waals surface area contributed by atoms with Gasteiger partial charge in [-0.15, -0.1) is 12.4 Å². The molecule has 1 aliphatic heterocycles. The molecule has 0 bridgehead atoms. The van der Waals surface area contributed by atoms with Crippen LogP contribution in [0.4, 0.5) is 0 Å². The summed E-state index contributed by atoms with van der Waals surface area (Å²) in [6, 6.07) is 10.0. The number of carbonyl (C=O) groups is 2. The van der Waals surface area contributed by atoms with Gasteiger partial charge in [0, 0.05) is 31.0 Å². The first-order valence-corrected chi connectivity index (χ1v) is 11.1. The van der Waals surface area contributed by atoms with Crippen LogP contribution < -0.4 is 5.32 Å². The standard InChI is InChI=1S/C23H28N2O2S.ClH/c1-17-2-4-19(5-3-17)20(26)6-7-22(27)25(15-18-8-13-28-16-18)21-14-23(21)9-11-24-12-10-23;/h2-5,8,13,16,21,24H,6-7,9-12,14-15H2,1H3;1H. The largest absolute Gasteiger partial charge is 0.335 e. The van der Waals surface area contributed by atoms with E-state index in [0.29, 0.717) is 30.0 Å². The molecule has 4 nitrogen and oxygen atoms in total. The Balaban J connectivity index is 0.00000240. The molecule has 1 aromatic heterocycles. The summed E-state index contributed by atoms with van der Waals surface area (Å²) in [6.45, 7) is 4.76. The topological polar surface area (TPSA) is 49.4 Å². The van der Waals surface area contributed by atoms with Crippen molar-refractivity contribution in [3.63, 3.8) is 0 Å². The Kier molecular flexibility index (Phi) is 7.14. The summed E-state index contributed by atoms with van der Waals surface area (Å²) >= 11 is 1.67. The average Bonchev–Trinajstić information content (AvgIpc) is 3.13. The minimum atomic E-state index is 0. The number of hydrogen-bond donors (Lipinski definition) is 1. The van der Waals surface area contributed by atoms with Crippen LogP contribution in [0.15, 0.2) is 41.1 Å². The molecule has 1 aliphatic carbocycles. The zero-order valence-corrected chi connectivity index (χ0v) is 18.5. The fourth-order valence-corrected chi connectivity index (χ4v) is 5.09. The number of ketones is 1. The lowest BCUT2D eigenvalue weighted by Gasteiger charge is -2.29. The van der Waals surface area contributed by atoms with Gasteiger partial charge >= 0.3 is 0 Å². The highest BCUT2D eigenvalue weighted by atomic mass is 35.5. The quantitative estimate of drug-likeness (QED) is 0.650. The summed E-state index contributed by atoms with van der Waals surface area (Å²) in [5, 5.41) is 7.61. The molecule has 2 heterocycles. The molecule has 29 heavy (non-hydrogen) atoms. The third-order valence-electron chi connectivity index (χ3n) is 6.32. The maximum absolute atomic E-state index is 13.1. The lowest BCUT2D eigenvalue weighted by Crippen LogP contribution is -2.39. The van der Waals surface area contributed by atoms with Crippen LogP contribution in [0.1, 0.15) is 53.6 Å². The highest BCUT2D eigenvalue weighted by molar-refractivity contribution is 7.07. The van der Waals surface area contributed by atoms with Gasteiger partial charge in [0.05, 0.1) is 0 Å². The van der Waals surface area contributed by atoms with Crippen LogP contribution in [0.3, 0.4) is 0 Å². The molecule has 1 unspecified atom stereocenters. The minimum absolute atomic E-state index is 0. The molecule has 1 saturated heterocycles.